The maximum atomic E-state index is 14.0. The molecular weight excluding hydrogens is 525 g/mol. The van der Waals surface area contributed by atoms with Crippen molar-refractivity contribution >= 4 is 39.1 Å². The molecule has 12 heteroatoms. The van der Waals surface area contributed by atoms with Gasteiger partial charge < -0.3 is 15.2 Å². The topological polar surface area (TPSA) is 87.0 Å². The van der Waals surface area contributed by atoms with E-state index >= 15 is 0 Å². The quantitative estimate of drug-likeness (QED) is 0.543. The first kappa shape index (κ1) is 23.9. The van der Waals surface area contributed by atoms with Crippen molar-refractivity contribution in [3.63, 3.8) is 0 Å². The Morgan fingerprint density at radius 3 is 2.85 bits per heavy atom. The molecule has 0 spiro atoms. The molecule has 176 valence electrons. The van der Waals surface area contributed by atoms with Crippen molar-refractivity contribution in [1.82, 2.24) is 15.2 Å². The predicted molar refractivity (Wildman–Crippen MR) is 120 cm³/mol. The number of alkyl halides is 2. The van der Waals surface area contributed by atoms with Crippen LogP contribution in [-0.2, 0) is 9.53 Å². The van der Waals surface area contributed by atoms with Gasteiger partial charge in [0.05, 0.1) is 18.7 Å². The van der Waals surface area contributed by atoms with Gasteiger partial charge in [0.2, 0.25) is 0 Å². The number of ether oxygens (including phenoxy) is 1. The van der Waals surface area contributed by atoms with Crippen LogP contribution in [0.3, 0.4) is 0 Å². The van der Waals surface area contributed by atoms with Gasteiger partial charge in [-0.3, -0.25) is 9.89 Å². The fourth-order valence-corrected chi connectivity index (χ4v) is 4.91. The molecule has 3 heterocycles. The largest absolute Gasteiger partial charge is 0.463 e. The third-order valence-corrected chi connectivity index (χ3v) is 6.71. The molecule has 0 radical (unpaired) electrons. The van der Waals surface area contributed by atoms with Crippen molar-refractivity contribution < 1.29 is 27.8 Å². The first-order valence-electron chi connectivity index (χ1n) is 10.1. The number of aliphatic hydroxyl groups is 1. The van der Waals surface area contributed by atoms with Crippen LogP contribution >= 0.6 is 27.3 Å². The number of thiazole rings is 1. The Hall–Kier alpha value is -2.28. The molecule has 0 bridgehead atoms. The molecule has 4 rings (SSSR count). The summed E-state index contributed by atoms with van der Waals surface area (Å²) in [5.74, 6) is -4.06. The van der Waals surface area contributed by atoms with Gasteiger partial charge in [-0.05, 0) is 24.6 Å². The number of carbonyl (C=O) groups is 1. The fraction of sp³-hybridized carbons (Fsp3) is 0.381. The van der Waals surface area contributed by atoms with Gasteiger partial charge in [0.1, 0.15) is 18.0 Å². The summed E-state index contributed by atoms with van der Waals surface area (Å²) >= 11 is 4.65. The molecular formula is C21H20BrF3N4O3S. The zero-order chi connectivity index (χ0) is 23.8. The van der Waals surface area contributed by atoms with Crippen LogP contribution in [0, 0.1) is 5.82 Å². The Kier molecular flexibility index (Phi) is 6.89. The van der Waals surface area contributed by atoms with Crippen LogP contribution in [0.2, 0.25) is 0 Å². The number of rotatable bonds is 6. The number of aliphatic imine (C=N–C) groups is 1. The molecule has 1 fully saturated rings. The first-order valence-corrected chi connectivity index (χ1v) is 11.7. The van der Waals surface area contributed by atoms with E-state index in [0.717, 1.165) is 0 Å². The SMILES string of the molecule is CCOC(=O)C1=C(CN2CC(O)C(F)(F)C2)NC(c2nccs2)=NC1c1ccc(F)cc1Br. The van der Waals surface area contributed by atoms with Gasteiger partial charge in [0, 0.05) is 34.8 Å². The highest BCUT2D eigenvalue weighted by Gasteiger charge is 2.47. The number of aromatic nitrogens is 1. The number of nitrogens with zero attached hydrogens (tertiary/aromatic N) is 3. The zero-order valence-corrected chi connectivity index (χ0v) is 19.8. The van der Waals surface area contributed by atoms with Gasteiger partial charge in [0.25, 0.3) is 5.92 Å². The van der Waals surface area contributed by atoms with Crippen molar-refractivity contribution in [2.45, 2.75) is 25.0 Å². The van der Waals surface area contributed by atoms with E-state index in [1.165, 1.54) is 34.4 Å². The fourth-order valence-electron chi connectivity index (χ4n) is 3.76. The van der Waals surface area contributed by atoms with Gasteiger partial charge in [-0.15, -0.1) is 11.3 Å². The summed E-state index contributed by atoms with van der Waals surface area (Å²) in [4.78, 5) is 23.3. The molecule has 2 aromatic rings. The van der Waals surface area contributed by atoms with Gasteiger partial charge in [-0.25, -0.2) is 22.9 Å². The second-order valence-electron chi connectivity index (χ2n) is 7.57. The van der Waals surface area contributed by atoms with Gasteiger partial charge in [-0.1, -0.05) is 22.0 Å². The van der Waals surface area contributed by atoms with E-state index in [2.05, 4.69) is 31.2 Å². The van der Waals surface area contributed by atoms with Gasteiger partial charge >= 0.3 is 5.97 Å². The van der Waals surface area contributed by atoms with E-state index in [-0.39, 0.29) is 25.3 Å². The van der Waals surface area contributed by atoms with Crippen molar-refractivity contribution in [3.8, 4) is 0 Å². The Balaban J connectivity index is 1.81. The van der Waals surface area contributed by atoms with E-state index in [4.69, 9.17) is 4.74 Å². The third-order valence-electron chi connectivity index (χ3n) is 5.25. The van der Waals surface area contributed by atoms with E-state index in [1.807, 2.05) is 0 Å². The van der Waals surface area contributed by atoms with Crippen LogP contribution in [0.1, 0.15) is 23.5 Å². The van der Waals surface area contributed by atoms with Crippen LogP contribution in [0.25, 0.3) is 0 Å². The van der Waals surface area contributed by atoms with Crippen LogP contribution in [-0.4, -0.2) is 65.1 Å². The van der Waals surface area contributed by atoms with Crippen molar-refractivity contribution in [2.24, 2.45) is 4.99 Å². The number of carbonyl (C=O) groups excluding carboxylic acids is 1. The average molecular weight is 545 g/mol. The number of β-amino-alcohol motifs (C(OH)–C–C–N with tert-alkyl or cyclic N) is 1. The van der Waals surface area contributed by atoms with Crippen LogP contribution in [0.5, 0.6) is 0 Å². The van der Waals surface area contributed by atoms with Crippen molar-refractivity contribution in [1.29, 1.82) is 0 Å². The van der Waals surface area contributed by atoms with Crippen LogP contribution in [0.15, 0.2) is 50.5 Å². The first-order chi connectivity index (χ1) is 15.7. The minimum atomic E-state index is -3.26. The number of benzene rings is 1. The Morgan fingerprint density at radius 1 is 1.45 bits per heavy atom. The summed E-state index contributed by atoms with van der Waals surface area (Å²) in [6.45, 7) is 0.739. The second-order valence-corrected chi connectivity index (χ2v) is 9.32. The summed E-state index contributed by atoms with van der Waals surface area (Å²) in [5, 5.41) is 15.1. The van der Waals surface area contributed by atoms with Gasteiger partial charge in [-0.2, -0.15) is 0 Å². The average Bonchev–Trinajstić information content (AvgIpc) is 3.36. The number of esters is 1. The Labute approximate surface area is 200 Å². The Morgan fingerprint density at radius 2 is 2.24 bits per heavy atom. The third kappa shape index (κ3) is 4.98. The molecule has 7 nitrogen and oxygen atoms in total. The maximum Gasteiger partial charge on any atom is 0.338 e. The molecule has 2 aliphatic rings. The summed E-state index contributed by atoms with van der Waals surface area (Å²) in [6.07, 6.45) is -0.212. The lowest BCUT2D eigenvalue weighted by molar-refractivity contribution is -0.139. The maximum absolute atomic E-state index is 14.0. The molecule has 33 heavy (non-hydrogen) atoms. The summed E-state index contributed by atoms with van der Waals surface area (Å²) < 4.78 is 47.3. The summed E-state index contributed by atoms with van der Waals surface area (Å²) in [6, 6.07) is 3.11. The van der Waals surface area contributed by atoms with Crippen molar-refractivity contribution in [3.05, 3.63) is 61.9 Å². The standard InChI is InChI=1S/C21H20BrF3N4O3S/c1-2-32-20(31)16-14(8-29-9-15(30)21(24,25)10-29)27-18(19-26-5-6-33-19)28-17(16)12-4-3-11(23)7-13(12)22/h3-7,15,17,30H,2,8-10H2,1H3,(H,27,28). The van der Waals surface area contributed by atoms with E-state index < -0.39 is 36.4 Å². The molecule has 0 aliphatic carbocycles. The number of hydrogen-bond donors (Lipinski definition) is 2. The lowest BCUT2D eigenvalue weighted by Crippen LogP contribution is -2.39. The van der Waals surface area contributed by atoms with E-state index in [0.29, 0.717) is 26.6 Å². The number of amidine groups is 1. The highest BCUT2D eigenvalue weighted by atomic mass is 79.9. The monoisotopic (exact) mass is 544 g/mol. The summed E-state index contributed by atoms with van der Waals surface area (Å²) in [7, 11) is 0. The van der Waals surface area contributed by atoms with Gasteiger partial charge in [0.15, 0.2) is 10.8 Å². The van der Waals surface area contributed by atoms with Crippen molar-refractivity contribution in [2.75, 3.05) is 26.2 Å². The normalized spacial score (nSPS) is 22.8. The van der Waals surface area contributed by atoms with Crippen LogP contribution < -0.4 is 5.32 Å². The highest BCUT2D eigenvalue weighted by Crippen LogP contribution is 2.37. The molecule has 2 atom stereocenters. The molecule has 0 saturated carbocycles. The van der Waals surface area contributed by atoms with Crippen LogP contribution in [0.4, 0.5) is 13.2 Å². The predicted octanol–water partition coefficient (Wildman–Crippen LogP) is 3.26. The molecule has 2 aliphatic heterocycles. The highest BCUT2D eigenvalue weighted by molar-refractivity contribution is 9.10. The minimum absolute atomic E-state index is 0.0828. The molecule has 1 aromatic carbocycles. The zero-order valence-electron chi connectivity index (χ0n) is 17.4. The number of aliphatic hydroxyl groups excluding tert-OH is 1. The van der Waals surface area contributed by atoms with E-state index in [9.17, 15) is 23.1 Å². The molecule has 2 N–H and O–H groups in total. The lowest BCUT2D eigenvalue weighted by Gasteiger charge is -2.29. The molecule has 0 amide bonds. The van der Waals surface area contributed by atoms with E-state index in [1.54, 1.807) is 18.5 Å². The summed E-state index contributed by atoms with van der Waals surface area (Å²) in [5.41, 5.74) is 0.924. The molecule has 2 unspecified atom stereocenters. The Bertz CT molecular complexity index is 1110. The smallest absolute Gasteiger partial charge is 0.338 e. The number of nitrogens with one attached hydrogen (secondary N) is 1. The number of hydrogen-bond acceptors (Lipinski definition) is 8. The minimum Gasteiger partial charge on any atom is -0.463 e. The molecule has 1 saturated heterocycles. The lowest BCUT2D eigenvalue weighted by atomic mass is 9.95. The second kappa shape index (κ2) is 9.53. The number of halogens is 4. The molecule has 1 aromatic heterocycles. The number of likely N-dealkylation sites (tertiary alicyclic amines) is 1.